The summed E-state index contributed by atoms with van der Waals surface area (Å²) in [5.74, 6) is -2.41. The molecule has 3 rings (SSSR count). The van der Waals surface area contributed by atoms with Gasteiger partial charge in [-0.15, -0.1) is 5.10 Å². The fourth-order valence-corrected chi connectivity index (χ4v) is 3.56. The van der Waals surface area contributed by atoms with Crippen molar-refractivity contribution >= 4 is 29.0 Å². The van der Waals surface area contributed by atoms with Gasteiger partial charge >= 0.3 is 5.69 Å². The van der Waals surface area contributed by atoms with Crippen molar-refractivity contribution in [2.75, 3.05) is 0 Å². The highest BCUT2D eigenvalue weighted by atomic mass is 35.5. The number of aliphatic hydroxyl groups is 1. The van der Waals surface area contributed by atoms with Gasteiger partial charge in [0.15, 0.2) is 23.2 Å². The number of hydrogen-bond donors (Lipinski definition) is 2. The first-order valence-corrected chi connectivity index (χ1v) is 10.6. The first kappa shape index (κ1) is 24.6. The third kappa shape index (κ3) is 4.85. The molecule has 0 fully saturated rings. The third-order valence-corrected chi connectivity index (χ3v) is 5.32. The van der Waals surface area contributed by atoms with Gasteiger partial charge in [-0.05, 0) is 26.8 Å². The first-order valence-electron chi connectivity index (χ1n) is 9.84. The van der Waals surface area contributed by atoms with Crippen molar-refractivity contribution in [3.05, 3.63) is 65.9 Å². The third-order valence-electron chi connectivity index (χ3n) is 4.59. The Hall–Kier alpha value is -3.02. The summed E-state index contributed by atoms with van der Waals surface area (Å²) in [6, 6.07) is 0.868. The van der Waals surface area contributed by atoms with E-state index in [-0.39, 0.29) is 39.4 Å². The summed E-state index contributed by atoms with van der Waals surface area (Å²) in [7, 11) is 0. The predicted molar refractivity (Wildman–Crippen MR) is 118 cm³/mol. The van der Waals surface area contributed by atoms with E-state index in [4.69, 9.17) is 27.9 Å². The monoisotopic (exact) mass is 499 g/mol. The summed E-state index contributed by atoms with van der Waals surface area (Å²) in [6.07, 6.45) is 0.323. The standard InChI is InChI=1S/C20H20Cl2FN5O5/c1-4-27-15(8-29)26-28(20(27)32)17-13(23)5-11(19(25-17)33-9(2)3)14(30)6-10-12(21)7-24-18(31)16(10)22/h5,7,9,29H,4,6,8H2,1-3H3,(H,24,31). The van der Waals surface area contributed by atoms with Crippen LogP contribution in [-0.4, -0.2) is 41.3 Å². The quantitative estimate of drug-likeness (QED) is 0.454. The SMILES string of the molecule is CCn1c(CO)nn(-c2nc(OC(C)C)c(C(=O)Cc3c(Cl)c[nH]c(=O)c3Cl)cc2F)c1=O. The van der Waals surface area contributed by atoms with Crippen LogP contribution in [0.4, 0.5) is 4.39 Å². The van der Waals surface area contributed by atoms with Crippen molar-refractivity contribution in [2.45, 2.75) is 46.4 Å². The van der Waals surface area contributed by atoms with E-state index < -0.39 is 47.8 Å². The molecule has 0 atom stereocenters. The number of carbonyl (C=O) groups excluding carboxylic acids is 1. The summed E-state index contributed by atoms with van der Waals surface area (Å²) < 4.78 is 22.5. The lowest BCUT2D eigenvalue weighted by Crippen LogP contribution is -2.26. The second-order valence-corrected chi connectivity index (χ2v) is 7.97. The van der Waals surface area contributed by atoms with Crippen LogP contribution < -0.4 is 16.0 Å². The molecule has 3 aromatic heterocycles. The van der Waals surface area contributed by atoms with Crippen LogP contribution in [0.25, 0.3) is 5.82 Å². The number of ketones is 1. The lowest BCUT2D eigenvalue weighted by molar-refractivity contribution is 0.0985. The van der Waals surface area contributed by atoms with Crippen molar-refractivity contribution in [3.63, 3.8) is 0 Å². The van der Waals surface area contributed by atoms with Crippen LogP contribution in [0.15, 0.2) is 21.9 Å². The number of halogens is 3. The van der Waals surface area contributed by atoms with Crippen molar-refractivity contribution in [2.24, 2.45) is 0 Å². The molecule has 13 heteroatoms. The van der Waals surface area contributed by atoms with Crippen LogP contribution in [0.2, 0.25) is 10.0 Å². The molecule has 0 spiro atoms. The Bertz CT molecular complexity index is 1330. The number of aliphatic hydroxyl groups excluding tert-OH is 1. The zero-order valence-corrected chi connectivity index (χ0v) is 19.4. The molecule has 33 heavy (non-hydrogen) atoms. The molecule has 0 aliphatic rings. The van der Waals surface area contributed by atoms with E-state index in [1.54, 1.807) is 20.8 Å². The molecular weight excluding hydrogens is 480 g/mol. The fraction of sp³-hybridized carbons (Fsp3) is 0.350. The Labute approximate surface area is 196 Å². The largest absolute Gasteiger partial charge is 0.474 e. The molecule has 176 valence electrons. The van der Waals surface area contributed by atoms with Gasteiger partial charge in [0.2, 0.25) is 5.88 Å². The highest BCUT2D eigenvalue weighted by Crippen LogP contribution is 2.27. The molecule has 10 nitrogen and oxygen atoms in total. The van der Waals surface area contributed by atoms with Crippen LogP contribution in [-0.2, 0) is 19.6 Å². The van der Waals surface area contributed by atoms with Crippen molar-refractivity contribution in [3.8, 4) is 11.7 Å². The Kier molecular flexibility index (Phi) is 7.35. The lowest BCUT2D eigenvalue weighted by Gasteiger charge is -2.15. The minimum absolute atomic E-state index is 0.0220. The van der Waals surface area contributed by atoms with Gasteiger partial charge in [-0.3, -0.25) is 14.2 Å². The Morgan fingerprint density at radius 3 is 2.61 bits per heavy atom. The number of aromatic amines is 1. The summed E-state index contributed by atoms with van der Waals surface area (Å²) in [5, 5.41) is 13.1. The van der Waals surface area contributed by atoms with Gasteiger partial charge in [-0.25, -0.2) is 9.18 Å². The van der Waals surface area contributed by atoms with Crippen molar-refractivity contribution in [1.82, 2.24) is 24.3 Å². The molecule has 0 amide bonds. The van der Waals surface area contributed by atoms with Gasteiger partial charge in [-0.1, -0.05) is 23.2 Å². The maximum absolute atomic E-state index is 15.1. The smallest absolute Gasteiger partial charge is 0.352 e. The lowest BCUT2D eigenvalue weighted by atomic mass is 10.0. The Balaban J connectivity index is 2.13. The van der Waals surface area contributed by atoms with Gasteiger partial charge < -0.3 is 14.8 Å². The predicted octanol–water partition coefficient (Wildman–Crippen LogP) is 2.29. The molecule has 3 aromatic rings. The number of aromatic nitrogens is 5. The summed E-state index contributed by atoms with van der Waals surface area (Å²) >= 11 is 12.0. The zero-order chi connectivity index (χ0) is 24.4. The summed E-state index contributed by atoms with van der Waals surface area (Å²) in [4.78, 5) is 43.8. The van der Waals surface area contributed by atoms with Crippen molar-refractivity contribution < 1.29 is 19.0 Å². The molecule has 0 bridgehead atoms. The molecule has 0 radical (unpaired) electrons. The highest BCUT2D eigenvalue weighted by molar-refractivity contribution is 6.36. The van der Waals surface area contributed by atoms with E-state index in [0.717, 1.165) is 10.6 Å². The molecule has 0 aliphatic heterocycles. The van der Waals surface area contributed by atoms with Gasteiger partial charge in [0.25, 0.3) is 5.56 Å². The van der Waals surface area contributed by atoms with Gasteiger partial charge in [0.1, 0.15) is 11.6 Å². The average Bonchev–Trinajstić information content (AvgIpc) is 3.09. The Morgan fingerprint density at radius 1 is 1.33 bits per heavy atom. The van der Waals surface area contributed by atoms with E-state index in [1.807, 2.05) is 0 Å². The molecule has 0 aromatic carbocycles. The second kappa shape index (κ2) is 9.86. The molecule has 0 saturated carbocycles. The number of ether oxygens (including phenoxy) is 1. The van der Waals surface area contributed by atoms with Gasteiger partial charge in [0.05, 0.1) is 16.7 Å². The number of carbonyl (C=O) groups is 1. The minimum atomic E-state index is -1.02. The number of hydrogen-bond acceptors (Lipinski definition) is 7. The minimum Gasteiger partial charge on any atom is -0.474 e. The number of H-pyrrole nitrogens is 1. The van der Waals surface area contributed by atoms with Crippen molar-refractivity contribution in [1.29, 1.82) is 0 Å². The van der Waals surface area contributed by atoms with E-state index >= 15 is 4.39 Å². The maximum Gasteiger partial charge on any atom is 0.352 e. The summed E-state index contributed by atoms with van der Waals surface area (Å²) in [5.41, 5.74) is -1.52. The fourth-order valence-electron chi connectivity index (χ4n) is 3.07. The number of pyridine rings is 2. The number of rotatable bonds is 8. The van der Waals surface area contributed by atoms with Crippen LogP contribution in [0.3, 0.4) is 0 Å². The van der Waals surface area contributed by atoms with Crippen LogP contribution in [0, 0.1) is 5.82 Å². The average molecular weight is 500 g/mol. The maximum atomic E-state index is 15.1. The molecule has 2 N–H and O–H groups in total. The van der Waals surface area contributed by atoms with Gasteiger partial charge in [0, 0.05) is 24.7 Å². The highest BCUT2D eigenvalue weighted by Gasteiger charge is 2.25. The summed E-state index contributed by atoms with van der Waals surface area (Å²) in [6.45, 7) is 4.66. The molecule has 0 aliphatic carbocycles. The molecule has 0 unspecified atom stereocenters. The normalized spacial score (nSPS) is 11.3. The van der Waals surface area contributed by atoms with E-state index in [9.17, 15) is 19.5 Å². The van der Waals surface area contributed by atoms with E-state index in [1.165, 1.54) is 6.20 Å². The second-order valence-electron chi connectivity index (χ2n) is 7.18. The van der Waals surface area contributed by atoms with Crippen LogP contribution >= 0.6 is 23.2 Å². The van der Waals surface area contributed by atoms with Gasteiger partial charge in [-0.2, -0.15) is 9.67 Å². The molecule has 3 heterocycles. The molecule has 0 saturated heterocycles. The number of nitrogens with one attached hydrogen (secondary N) is 1. The zero-order valence-electron chi connectivity index (χ0n) is 17.9. The topological polar surface area (TPSA) is 132 Å². The first-order chi connectivity index (χ1) is 15.6. The van der Waals surface area contributed by atoms with Crippen LogP contribution in [0.5, 0.6) is 5.88 Å². The van der Waals surface area contributed by atoms with E-state index in [2.05, 4.69) is 15.1 Å². The molecular formula is C20H20Cl2FN5O5. The number of nitrogens with zero attached hydrogens (tertiary/aromatic N) is 4. The number of Topliss-reactive ketones (excluding diaryl/α,β-unsaturated/α-hetero) is 1. The Morgan fingerprint density at radius 2 is 2.03 bits per heavy atom. The van der Waals surface area contributed by atoms with E-state index in [0.29, 0.717) is 4.68 Å². The van der Waals surface area contributed by atoms with Crippen LogP contribution in [0.1, 0.15) is 42.5 Å².